The van der Waals surface area contributed by atoms with Gasteiger partial charge in [0.05, 0.1) is 11.6 Å². The first-order chi connectivity index (χ1) is 10.1. The number of rotatable bonds is 3. The number of piperazine rings is 1. The highest BCUT2D eigenvalue weighted by Crippen LogP contribution is 2.26. The molecule has 2 aromatic heterocycles. The molecule has 0 bridgehead atoms. The standard InChI is InChI=1S/C14H20N6O/c1-4-5-11-17-12-10(8-16-19(12)3)13(18-11)20-7-6-15-14(21)9(20)2/h8-9H,4-7H2,1-3H3,(H,15,21)/t9-/m0/s1. The molecule has 0 unspecified atom stereocenters. The lowest BCUT2D eigenvalue weighted by molar-refractivity contribution is -0.122. The van der Waals surface area contributed by atoms with Crippen LogP contribution in [0, 0.1) is 0 Å². The van der Waals surface area contributed by atoms with Crippen LogP contribution in [0.5, 0.6) is 0 Å². The van der Waals surface area contributed by atoms with E-state index >= 15 is 0 Å². The number of hydrogen-bond donors (Lipinski definition) is 1. The minimum Gasteiger partial charge on any atom is -0.353 e. The first-order valence-corrected chi connectivity index (χ1v) is 7.34. The zero-order valence-corrected chi connectivity index (χ0v) is 12.6. The van der Waals surface area contributed by atoms with Crippen molar-refractivity contribution in [2.24, 2.45) is 7.05 Å². The molecule has 1 aliphatic heterocycles. The van der Waals surface area contributed by atoms with Gasteiger partial charge in [0.25, 0.3) is 0 Å². The summed E-state index contributed by atoms with van der Waals surface area (Å²) >= 11 is 0. The SMILES string of the molecule is CCCc1nc(N2CCNC(=O)[C@@H]2C)c2cnn(C)c2n1. The predicted molar refractivity (Wildman–Crippen MR) is 80.1 cm³/mol. The molecule has 1 amide bonds. The highest BCUT2D eigenvalue weighted by Gasteiger charge is 2.28. The number of aryl methyl sites for hydroxylation is 2. The summed E-state index contributed by atoms with van der Waals surface area (Å²) in [5.74, 6) is 1.66. The Balaban J connectivity index is 2.13. The van der Waals surface area contributed by atoms with Crippen molar-refractivity contribution < 1.29 is 4.79 Å². The van der Waals surface area contributed by atoms with E-state index in [0.29, 0.717) is 6.54 Å². The van der Waals surface area contributed by atoms with E-state index < -0.39 is 0 Å². The van der Waals surface area contributed by atoms with Gasteiger partial charge >= 0.3 is 0 Å². The molecule has 3 heterocycles. The summed E-state index contributed by atoms with van der Waals surface area (Å²) in [5.41, 5.74) is 0.821. The van der Waals surface area contributed by atoms with E-state index in [1.807, 2.05) is 18.9 Å². The van der Waals surface area contributed by atoms with Gasteiger partial charge in [-0.1, -0.05) is 6.92 Å². The number of hydrogen-bond acceptors (Lipinski definition) is 5. The number of carbonyl (C=O) groups excluding carboxylic acids is 1. The first kappa shape index (κ1) is 13.8. The van der Waals surface area contributed by atoms with Crippen LogP contribution in [0.15, 0.2) is 6.20 Å². The molecular weight excluding hydrogens is 268 g/mol. The Hall–Kier alpha value is -2.18. The van der Waals surface area contributed by atoms with Crippen molar-refractivity contribution in [3.8, 4) is 0 Å². The smallest absolute Gasteiger partial charge is 0.242 e. The van der Waals surface area contributed by atoms with Crippen LogP contribution < -0.4 is 10.2 Å². The topological polar surface area (TPSA) is 75.9 Å². The molecule has 21 heavy (non-hydrogen) atoms. The Morgan fingerprint density at radius 2 is 2.24 bits per heavy atom. The van der Waals surface area contributed by atoms with Crippen molar-refractivity contribution in [1.82, 2.24) is 25.1 Å². The van der Waals surface area contributed by atoms with Gasteiger partial charge in [-0.3, -0.25) is 9.48 Å². The van der Waals surface area contributed by atoms with Crippen LogP contribution in [-0.4, -0.2) is 44.8 Å². The van der Waals surface area contributed by atoms with Crippen LogP contribution in [0.2, 0.25) is 0 Å². The zero-order valence-electron chi connectivity index (χ0n) is 12.6. The van der Waals surface area contributed by atoms with Gasteiger partial charge in [-0.25, -0.2) is 9.97 Å². The second kappa shape index (κ2) is 5.31. The normalized spacial score (nSPS) is 19.1. The Bertz CT molecular complexity index is 679. The lowest BCUT2D eigenvalue weighted by Crippen LogP contribution is -2.54. The summed E-state index contributed by atoms with van der Waals surface area (Å²) in [6.45, 7) is 5.39. The quantitative estimate of drug-likeness (QED) is 0.897. The van der Waals surface area contributed by atoms with E-state index in [1.54, 1.807) is 10.9 Å². The van der Waals surface area contributed by atoms with Crippen molar-refractivity contribution in [3.05, 3.63) is 12.0 Å². The van der Waals surface area contributed by atoms with Crippen LogP contribution in [0.4, 0.5) is 5.82 Å². The molecule has 1 aliphatic rings. The number of nitrogens with zero attached hydrogens (tertiary/aromatic N) is 5. The maximum absolute atomic E-state index is 11.9. The van der Waals surface area contributed by atoms with Crippen LogP contribution in [0.1, 0.15) is 26.1 Å². The average molecular weight is 288 g/mol. The molecule has 0 saturated carbocycles. The molecule has 1 atom stereocenters. The molecule has 0 spiro atoms. The van der Waals surface area contributed by atoms with E-state index in [-0.39, 0.29) is 11.9 Å². The molecule has 0 aliphatic carbocycles. The van der Waals surface area contributed by atoms with Crippen LogP contribution >= 0.6 is 0 Å². The number of nitrogens with one attached hydrogen (secondary N) is 1. The number of carbonyl (C=O) groups is 1. The van der Waals surface area contributed by atoms with Gasteiger partial charge in [-0.05, 0) is 13.3 Å². The van der Waals surface area contributed by atoms with Gasteiger partial charge in [0.2, 0.25) is 5.91 Å². The molecule has 2 aromatic rings. The fraction of sp³-hybridized carbons (Fsp3) is 0.571. The summed E-state index contributed by atoms with van der Waals surface area (Å²) in [4.78, 5) is 23.2. The molecule has 112 valence electrons. The maximum atomic E-state index is 11.9. The average Bonchev–Trinajstić information content (AvgIpc) is 2.84. The summed E-state index contributed by atoms with van der Waals surface area (Å²) < 4.78 is 1.76. The Labute approximate surface area is 123 Å². The van der Waals surface area contributed by atoms with Crippen LogP contribution in [0.25, 0.3) is 11.0 Å². The monoisotopic (exact) mass is 288 g/mol. The van der Waals surface area contributed by atoms with Gasteiger partial charge in [0.1, 0.15) is 17.7 Å². The molecule has 1 N–H and O–H groups in total. The van der Waals surface area contributed by atoms with Gasteiger partial charge < -0.3 is 10.2 Å². The number of fused-ring (bicyclic) bond motifs is 1. The van der Waals surface area contributed by atoms with Crippen LogP contribution in [0.3, 0.4) is 0 Å². The number of anilines is 1. The number of amides is 1. The predicted octanol–water partition coefficient (Wildman–Crippen LogP) is 0.640. The largest absolute Gasteiger partial charge is 0.353 e. The van der Waals surface area contributed by atoms with E-state index in [0.717, 1.165) is 42.1 Å². The molecule has 7 heteroatoms. The molecule has 1 saturated heterocycles. The molecule has 7 nitrogen and oxygen atoms in total. The fourth-order valence-electron chi connectivity index (χ4n) is 2.68. The van der Waals surface area contributed by atoms with E-state index in [1.165, 1.54) is 0 Å². The summed E-state index contributed by atoms with van der Waals surface area (Å²) in [5, 5.41) is 8.06. The van der Waals surface area contributed by atoms with Crippen molar-refractivity contribution in [1.29, 1.82) is 0 Å². The van der Waals surface area contributed by atoms with E-state index in [2.05, 4.69) is 22.3 Å². The Kier molecular flexibility index (Phi) is 3.48. The van der Waals surface area contributed by atoms with E-state index in [4.69, 9.17) is 4.98 Å². The maximum Gasteiger partial charge on any atom is 0.242 e. The van der Waals surface area contributed by atoms with Crippen molar-refractivity contribution in [2.45, 2.75) is 32.7 Å². The van der Waals surface area contributed by atoms with Gasteiger partial charge in [0.15, 0.2) is 5.65 Å². The summed E-state index contributed by atoms with van der Waals surface area (Å²) in [7, 11) is 1.88. The lowest BCUT2D eigenvalue weighted by atomic mass is 10.2. The number of aromatic nitrogens is 4. The van der Waals surface area contributed by atoms with Crippen LogP contribution in [-0.2, 0) is 18.3 Å². The molecule has 0 aromatic carbocycles. The third-order valence-electron chi connectivity index (χ3n) is 3.86. The zero-order chi connectivity index (χ0) is 15.0. The fourth-order valence-corrected chi connectivity index (χ4v) is 2.68. The Morgan fingerprint density at radius 3 is 3.00 bits per heavy atom. The minimum absolute atomic E-state index is 0.0361. The van der Waals surface area contributed by atoms with Gasteiger partial charge in [-0.2, -0.15) is 5.10 Å². The first-order valence-electron chi connectivity index (χ1n) is 7.34. The molecular formula is C14H20N6O. The second-order valence-electron chi connectivity index (χ2n) is 5.38. The lowest BCUT2D eigenvalue weighted by Gasteiger charge is -2.34. The summed E-state index contributed by atoms with van der Waals surface area (Å²) in [6.07, 6.45) is 3.58. The third kappa shape index (κ3) is 2.32. The molecule has 0 radical (unpaired) electrons. The van der Waals surface area contributed by atoms with Crippen molar-refractivity contribution in [2.75, 3.05) is 18.0 Å². The minimum atomic E-state index is -0.230. The van der Waals surface area contributed by atoms with Gasteiger partial charge in [0, 0.05) is 26.6 Å². The van der Waals surface area contributed by atoms with Gasteiger partial charge in [-0.15, -0.1) is 0 Å². The highest BCUT2D eigenvalue weighted by molar-refractivity contribution is 5.92. The third-order valence-corrected chi connectivity index (χ3v) is 3.86. The van der Waals surface area contributed by atoms with Crippen molar-refractivity contribution >= 4 is 22.8 Å². The highest BCUT2D eigenvalue weighted by atomic mass is 16.2. The van der Waals surface area contributed by atoms with E-state index in [9.17, 15) is 4.79 Å². The second-order valence-corrected chi connectivity index (χ2v) is 5.38. The Morgan fingerprint density at radius 1 is 1.43 bits per heavy atom. The van der Waals surface area contributed by atoms with Crippen molar-refractivity contribution in [3.63, 3.8) is 0 Å². The molecule has 1 fully saturated rings. The summed E-state index contributed by atoms with van der Waals surface area (Å²) in [6, 6.07) is -0.230. The molecule has 3 rings (SSSR count).